The summed E-state index contributed by atoms with van der Waals surface area (Å²) in [5.41, 5.74) is 2.93. The number of benzene rings is 1. The lowest BCUT2D eigenvalue weighted by Crippen LogP contribution is -2.41. The Labute approximate surface area is 190 Å². The van der Waals surface area contributed by atoms with Crippen LogP contribution in [0.2, 0.25) is 0 Å². The van der Waals surface area contributed by atoms with Gasteiger partial charge in [-0.1, -0.05) is 12.1 Å². The Hall–Kier alpha value is -2.75. The van der Waals surface area contributed by atoms with Crippen LogP contribution in [0.3, 0.4) is 0 Å². The molecule has 2 aromatic heterocycles. The molecule has 0 radical (unpaired) electrons. The summed E-state index contributed by atoms with van der Waals surface area (Å²) in [7, 11) is -3.29. The molecule has 1 amide bonds. The first kappa shape index (κ1) is 21.1. The lowest BCUT2D eigenvalue weighted by atomic mass is 10.1. The molecule has 2 aliphatic heterocycles. The van der Waals surface area contributed by atoms with E-state index >= 15 is 0 Å². The molecule has 5 rings (SSSR count). The summed E-state index contributed by atoms with van der Waals surface area (Å²) in [5, 5.41) is 2.03. The smallest absolute Gasteiger partial charge is 0.227 e. The van der Waals surface area contributed by atoms with Crippen LogP contribution >= 0.6 is 11.3 Å². The van der Waals surface area contributed by atoms with E-state index in [1.165, 1.54) is 5.41 Å². The molecular weight excluding hydrogens is 446 g/mol. The number of nitrogens with zero attached hydrogens (tertiary/aromatic N) is 3. The average molecular weight is 470 g/mol. The molecular formula is C23H23N3O4S2. The van der Waals surface area contributed by atoms with Gasteiger partial charge in [0.05, 0.1) is 48.5 Å². The number of rotatable bonds is 6. The van der Waals surface area contributed by atoms with Crippen molar-refractivity contribution in [2.24, 2.45) is 0 Å². The fourth-order valence-electron chi connectivity index (χ4n) is 4.00. The largest absolute Gasteiger partial charge is 0.375 e. The number of carbonyl (C=O) groups is 1. The van der Waals surface area contributed by atoms with Gasteiger partial charge in [-0.05, 0) is 35.9 Å². The monoisotopic (exact) mass is 469 g/mol. The zero-order chi connectivity index (χ0) is 22.1. The van der Waals surface area contributed by atoms with E-state index in [0.29, 0.717) is 19.8 Å². The lowest BCUT2D eigenvalue weighted by Gasteiger charge is -2.27. The first-order chi connectivity index (χ1) is 15.5. The van der Waals surface area contributed by atoms with Gasteiger partial charge in [-0.15, -0.1) is 11.3 Å². The third kappa shape index (κ3) is 4.55. The molecule has 32 heavy (non-hydrogen) atoms. The fourth-order valence-corrected chi connectivity index (χ4v) is 6.36. The topological polar surface area (TPSA) is 81.5 Å². The molecule has 9 heteroatoms. The van der Waals surface area contributed by atoms with Gasteiger partial charge >= 0.3 is 0 Å². The summed E-state index contributed by atoms with van der Waals surface area (Å²) in [5.74, 6) is -0.200. The highest BCUT2D eigenvalue weighted by Crippen LogP contribution is 2.26. The summed E-state index contributed by atoms with van der Waals surface area (Å²) in [6, 6.07) is 11.3. The van der Waals surface area contributed by atoms with Crippen molar-refractivity contribution >= 4 is 27.1 Å². The molecule has 0 saturated carbocycles. The third-order valence-electron chi connectivity index (χ3n) is 5.67. The maximum absolute atomic E-state index is 13.3. The van der Waals surface area contributed by atoms with Gasteiger partial charge in [0.1, 0.15) is 5.01 Å². The van der Waals surface area contributed by atoms with E-state index in [-0.39, 0.29) is 18.1 Å². The minimum atomic E-state index is -3.29. The van der Waals surface area contributed by atoms with Gasteiger partial charge in [0.25, 0.3) is 0 Å². The van der Waals surface area contributed by atoms with E-state index in [1.807, 2.05) is 53.4 Å². The summed E-state index contributed by atoms with van der Waals surface area (Å²) >= 11 is 1.54. The molecule has 0 bridgehead atoms. The zero-order valence-electron chi connectivity index (χ0n) is 17.4. The van der Waals surface area contributed by atoms with Gasteiger partial charge in [0.2, 0.25) is 5.91 Å². The van der Waals surface area contributed by atoms with Crippen LogP contribution in [0.4, 0.5) is 0 Å². The predicted molar refractivity (Wildman–Crippen MR) is 122 cm³/mol. The minimum Gasteiger partial charge on any atom is -0.375 e. The van der Waals surface area contributed by atoms with E-state index < -0.39 is 15.9 Å². The Morgan fingerprint density at radius 2 is 2.00 bits per heavy atom. The van der Waals surface area contributed by atoms with Crippen molar-refractivity contribution in [2.45, 2.75) is 32.0 Å². The number of ether oxygens (including phenoxy) is 1. The number of thiazole rings is 1. The molecule has 7 nitrogen and oxygen atoms in total. The number of fused-ring (bicyclic) bond motifs is 1. The molecule has 166 valence electrons. The van der Waals surface area contributed by atoms with Gasteiger partial charge in [0, 0.05) is 29.9 Å². The van der Waals surface area contributed by atoms with Gasteiger partial charge < -0.3 is 14.2 Å². The summed E-state index contributed by atoms with van der Waals surface area (Å²) < 4.78 is 31.6. The molecule has 3 aromatic rings. The van der Waals surface area contributed by atoms with Gasteiger partial charge in [-0.25, -0.2) is 13.4 Å². The van der Waals surface area contributed by atoms with E-state index in [1.54, 1.807) is 22.3 Å². The number of hydrogen-bond acceptors (Lipinski definition) is 6. The molecule has 4 heterocycles. The minimum absolute atomic E-state index is 0.0838. The van der Waals surface area contributed by atoms with Crippen molar-refractivity contribution < 1.29 is 17.9 Å². The Balaban J connectivity index is 1.35. The highest BCUT2D eigenvalue weighted by atomic mass is 32.2. The van der Waals surface area contributed by atoms with Crippen LogP contribution in [0.1, 0.15) is 21.1 Å². The number of hydrogen-bond donors (Lipinski definition) is 0. The second-order valence-electron chi connectivity index (χ2n) is 7.96. The lowest BCUT2D eigenvalue weighted by molar-refractivity contribution is -0.132. The number of amides is 1. The Morgan fingerprint density at radius 3 is 2.69 bits per heavy atom. The third-order valence-corrected chi connectivity index (χ3v) is 8.10. The standard InChI is InChI=1S/C23H23N3O4S2/c27-23(13-17-3-5-18(6-4-17)25-9-1-2-10-25)26(19-8-12-32(28,29)16-19)14-22-24-20-7-11-30-15-21(20)31-22/h1-6,8-10,12,19H,7,11,13-16H2. The molecule has 0 fully saturated rings. The zero-order valence-corrected chi connectivity index (χ0v) is 19.0. The molecule has 2 aliphatic rings. The summed E-state index contributed by atoms with van der Waals surface area (Å²) in [6.45, 7) is 1.50. The molecule has 0 saturated heterocycles. The van der Waals surface area contributed by atoms with Crippen LogP contribution in [0.25, 0.3) is 5.69 Å². The van der Waals surface area contributed by atoms with Gasteiger partial charge in [-0.2, -0.15) is 0 Å². The maximum atomic E-state index is 13.3. The molecule has 0 spiro atoms. The van der Waals surface area contributed by atoms with Crippen molar-refractivity contribution in [3.05, 3.63) is 81.4 Å². The van der Waals surface area contributed by atoms with E-state index in [9.17, 15) is 13.2 Å². The SMILES string of the molecule is O=C(Cc1ccc(-n2cccc2)cc1)N(Cc1nc2c(s1)COCC2)C1C=CS(=O)(=O)C1. The number of sulfone groups is 1. The van der Waals surface area contributed by atoms with E-state index in [0.717, 1.165) is 33.3 Å². The second-order valence-corrected chi connectivity index (χ2v) is 11.1. The Bertz CT molecular complexity index is 1220. The van der Waals surface area contributed by atoms with Crippen molar-refractivity contribution in [2.75, 3.05) is 12.4 Å². The summed E-state index contributed by atoms with van der Waals surface area (Å²) in [4.78, 5) is 20.7. The van der Waals surface area contributed by atoms with Crippen LogP contribution in [0.15, 0.2) is 60.3 Å². The fraction of sp³-hybridized carbons (Fsp3) is 0.304. The molecule has 1 atom stereocenters. The van der Waals surface area contributed by atoms with Crippen molar-refractivity contribution in [3.63, 3.8) is 0 Å². The maximum Gasteiger partial charge on any atom is 0.227 e. The Kier molecular flexibility index (Phi) is 5.71. The summed E-state index contributed by atoms with van der Waals surface area (Å²) in [6.07, 6.45) is 6.51. The van der Waals surface area contributed by atoms with Gasteiger partial charge in [-0.3, -0.25) is 4.79 Å². The Morgan fingerprint density at radius 1 is 1.22 bits per heavy atom. The second kappa shape index (κ2) is 8.65. The first-order valence-electron chi connectivity index (χ1n) is 10.4. The average Bonchev–Trinajstić information content (AvgIpc) is 3.52. The van der Waals surface area contributed by atoms with Crippen LogP contribution in [-0.2, 0) is 45.4 Å². The molecule has 1 aromatic carbocycles. The van der Waals surface area contributed by atoms with E-state index in [4.69, 9.17) is 9.72 Å². The van der Waals surface area contributed by atoms with Crippen LogP contribution in [-0.4, -0.2) is 47.2 Å². The molecule has 1 unspecified atom stereocenters. The van der Waals surface area contributed by atoms with Gasteiger partial charge in [0.15, 0.2) is 9.84 Å². The normalized spacial score (nSPS) is 19.1. The number of carbonyl (C=O) groups excluding carboxylic acids is 1. The molecule has 0 N–H and O–H groups in total. The van der Waals surface area contributed by atoms with E-state index in [2.05, 4.69) is 0 Å². The van der Waals surface area contributed by atoms with Crippen molar-refractivity contribution in [3.8, 4) is 5.69 Å². The van der Waals surface area contributed by atoms with Crippen molar-refractivity contribution in [1.29, 1.82) is 0 Å². The van der Waals surface area contributed by atoms with Crippen molar-refractivity contribution in [1.82, 2.24) is 14.5 Å². The van der Waals surface area contributed by atoms with Crippen LogP contribution < -0.4 is 0 Å². The highest BCUT2D eigenvalue weighted by Gasteiger charge is 2.31. The highest BCUT2D eigenvalue weighted by molar-refractivity contribution is 7.94. The predicted octanol–water partition coefficient (Wildman–Crippen LogP) is 2.89. The van der Waals surface area contributed by atoms with Crippen LogP contribution in [0.5, 0.6) is 0 Å². The van der Waals surface area contributed by atoms with Crippen LogP contribution in [0, 0.1) is 0 Å². The quantitative estimate of drug-likeness (QED) is 0.555. The number of aromatic nitrogens is 2. The first-order valence-corrected chi connectivity index (χ1v) is 13.0. The molecule has 0 aliphatic carbocycles.